The van der Waals surface area contributed by atoms with Crippen molar-refractivity contribution in [2.45, 2.75) is 27.7 Å². The molecular weight excluding hydrogens is 547 g/mol. The van der Waals surface area contributed by atoms with Gasteiger partial charge >= 0.3 is 0 Å². The van der Waals surface area contributed by atoms with E-state index < -0.39 is 0 Å². The van der Waals surface area contributed by atoms with Crippen molar-refractivity contribution >= 4 is 39.1 Å². The highest BCUT2D eigenvalue weighted by molar-refractivity contribution is 9.10. The molecule has 0 fully saturated rings. The average Bonchev–Trinajstić information content (AvgIpc) is 2.83. The smallest absolute Gasteiger partial charge is 0.204 e. The predicted octanol–water partition coefficient (Wildman–Crippen LogP) is 7.41. The molecule has 4 rings (SSSR count). The third-order valence-corrected chi connectivity index (χ3v) is 7.80. The molecule has 35 heavy (non-hydrogen) atoms. The summed E-state index contributed by atoms with van der Waals surface area (Å²) in [5.74, 6) is 0. The van der Waals surface area contributed by atoms with Gasteiger partial charge in [-0.1, -0.05) is 47.5 Å². The minimum atomic E-state index is 0.0189. The van der Waals surface area contributed by atoms with Gasteiger partial charge in [0.2, 0.25) is 5.43 Å². The molecule has 0 aliphatic rings. The molecule has 2 aromatic heterocycles. The van der Waals surface area contributed by atoms with Crippen LogP contribution in [0.25, 0.3) is 22.3 Å². The molecule has 2 aromatic carbocycles. The van der Waals surface area contributed by atoms with Gasteiger partial charge in [0.05, 0.1) is 4.47 Å². The zero-order valence-corrected chi connectivity index (χ0v) is 23.6. The Morgan fingerprint density at radius 1 is 0.657 bits per heavy atom. The molecular formula is C28H27BrCl2N2O2. The predicted molar refractivity (Wildman–Crippen MR) is 151 cm³/mol. The molecule has 0 aliphatic carbocycles. The molecule has 0 N–H and O–H groups in total. The van der Waals surface area contributed by atoms with Crippen LogP contribution in [0.4, 0.5) is 0 Å². The maximum Gasteiger partial charge on any atom is 0.204 e. The summed E-state index contributed by atoms with van der Waals surface area (Å²) in [5.41, 5.74) is 7.14. The van der Waals surface area contributed by atoms with Gasteiger partial charge in [-0.05, 0) is 79.0 Å². The first-order chi connectivity index (χ1) is 16.4. The fourth-order valence-corrected chi connectivity index (χ4v) is 4.61. The van der Waals surface area contributed by atoms with E-state index in [-0.39, 0.29) is 10.9 Å². The Labute approximate surface area is 223 Å². The maximum absolute atomic E-state index is 12.4. The van der Waals surface area contributed by atoms with Gasteiger partial charge in [0, 0.05) is 64.1 Å². The van der Waals surface area contributed by atoms with Crippen molar-refractivity contribution in [3.05, 3.63) is 112 Å². The van der Waals surface area contributed by atoms with E-state index in [0.29, 0.717) is 20.1 Å². The molecule has 4 nitrogen and oxygen atoms in total. The van der Waals surface area contributed by atoms with Gasteiger partial charge in [-0.2, -0.15) is 0 Å². The van der Waals surface area contributed by atoms with Crippen LogP contribution in [-0.2, 0) is 14.1 Å². The number of hydrogen-bond acceptors (Lipinski definition) is 2. The third kappa shape index (κ3) is 5.64. The Balaban J connectivity index is 0.000000196. The van der Waals surface area contributed by atoms with Gasteiger partial charge in [0.25, 0.3) is 0 Å². The number of benzene rings is 2. The molecule has 0 radical (unpaired) electrons. The average molecular weight is 574 g/mol. The molecule has 0 unspecified atom stereocenters. The molecule has 4 aromatic rings. The van der Waals surface area contributed by atoms with E-state index >= 15 is 0 Å². The number of pyridine rings is 2. The van der Waals surface area contributed by atoms with Crippen molar-refractivity contribution in [1.82, 2.24) is 9.13 Å². The number of halogens is 3. The molecule has 0 bridgehead atoms. The summed E-state index contributed by atoms with van der Waals surface area (Å²) in [5, 5.41) is 1.34. The SMILES string of the molecule is Cc1c(Br)c(=O)c(-c2ccc(Cl)cc2)c(C)n1C.Cc1cc(=O)c(-c2ccc(Cl)cc2)c(C)n1C. The second kappa shape index (κ2) is 11.0. The summed E-state index contributed by atoms with van der Waals surface area (Å²) in [7, 11) is 3.91. The van der Waals surface area contributed by atoms with Crippen LogP contribution < -0.4 is 10.9 Å². The molecule has 2 heterocycles. The minimum Gasteiger partial charge on any atom is -0.351 e. The molecule has 7 heteroatoms. The Bertz CT molecular complexity index is 1500. The van der Waals surface area contributed by atoms with Crippen LogP contribution in [-0.4, -0.2) is 9.13 Å². The fraction of sp³-hybridized carbons (Fsp3) is 0.214. The van der Waals surface area contributed by atoms with Gasteiger partial charge in [-0.3, -0.25) is 9.59 Å². The second-order valence-corrected chi connectivity index (χ2v) is 10.1. The van der Waals surface area contributed by atoms with Crippen LogP contribution in [0.15, 0.2) is 68.7 Å². The zero-order chi connectivity index (χ0) is 26.0. The highest BCUT2D eigenvalue weighted by atomic mass is 79.9. The molecule has 0 aliphatic heterocycles. The number of aromatic nitrogens is 2. The van der Waals surface area contributed by atoms with E-state index in [1.165, 1.54) is 0 Å². The van der Waals surface area contributed by atoms with E-state index in [2.05, 4.69) is 15.9 Å². The molecule has 0 saturated carbocycles. The first kappa shape index (κ1) is 27.0. The first-order valence-electron chi connectivity index (χ1n) is 11.0. The Hall–Kier alpha value is -2.60. The van der Waals surface area contributed by atoms with Gasteiger partial charge in [0.15, 0.2) is 5.43 Å². The van der Waals surface area contributed by atoms with Gasteiger partial charge < -0.3 is 9.13 Å². The lowest BCUT2D eigenvalue weighted by Crippen LogP contribution is -2.16. The van der Waals surface area contributed by atoms with E-state index in [4.69, 9.17) is 23.2 Å². The van der Waals surface area contributed by atoms with Gasteiger partial charge in [0.1, 0.15) is 0 Å². The van der Waals surface area contributed by atoms with Crippen molar-refractivity contribution in [3.8, 4) is 22.3 Å². The Kier molecular flexibility index (Phi) is 8.47. The lowest BCUT2D eigenvalue weighted by molar-refractivity contribution is 0.809. The quantitative estimate of drug-likeness (QED) is 0.250. The zero-order valence-electron chi connectivity index (χ0n) is 20.5. The summed E-state index contributed by atoms with van der Waals surface area (Å²) in [6.07, 6.45) is 0. The van der Waals surface area contributed by atoms with Crippen molar-refractivity contribution < 1.29 is 0 Å². The summed E-state index contributed by atoms with van der Waals surface area (Å²) in [4.78, 5) is 24.4. The molecule has 182 valence electrons. The largest absolute Gasteiger partial charge is 0.351 e. The molecule has 0 spiro atoms. The maximum atomic E-state index is 12.4. The number of nitrogens with zero attached hydrogens (tertiary/aromatic N) is 2. The van der Waals surface area contributed by atoms with Crippen LogP contribution in [0.1, 0.15) is 22.8 Å². The van der Waals surface area contributed by atoms with Crippen molar-refractivity contribution in [3.63, 3.8) is 0 Å². The highest BCUT2D eigenvalue weighted by Gasteiger charge is 2.15. The van der Waals surface area contributed by atoms with Crippen LogP contribution >= 0.6 is 39.1 Å². The van der Waals surface area contributed by atoms with E-state index in [1.54, 1.807) is 30.3 Å². The number of hydrogen-bond donors (Lipinski definition) is 0. The molecule has 0 atom stereocenters. The normalized spacial score (nSPS) is 10.7. The van der Waals surface area contributed by atoms with Gasteiger partial charge in [-0.15, -0.1) is 0 Å². The van der Waals surface area contributed by atoms with Crippen molar-refractivity contribution in [1.29, 1.82) is 0 Å². The van der Waals surface area contributed by atoms with Crippen LogP contribution in [0.3, 0.4) is 0 Å². The van der Waals surface area contributed by atoms with Crippen molar-refractivity contribution in [2.75, 3.05) is 0 Å². The Morgan fingerprint density at radius 2 is 1.09 bits per heavy atom. The lowest BCUT2D eigenvalue weighted by Gasteiger charge is -2.15. The highest BCUT2D eigenvalue weighted by Crippen LogP contribution is 2.25. The van der Waals surface area contributed by atoms with E-state index in [0.717, 1.165) is 39.5 Å². The topological polar surface area (TPSA) is 44.0 Å². The number of rotatable bonds is 2. The third-order valence-electron chi connectivity index (χ3n) is 6.36. The van der Waals surface area contributed by atoms with E-state index in [1.807, 2.05) is 75.2 Å². The molecule has 0 saturated heterocycles. The fourth-order valence-electron chi connectivity index (χ4n) is 3.90. The minimum absolute atomic E-state index is 0.0189. The Morgan fingerprint density at radius 3 is 1.57 bits per heavy atom. The van der Waals surface area contributed by atoms with Gasteiger partial charge in [-0.25, -0.2) is 0 Å². The van der Waals surface area contributed by atoms with Crippen LogP contribution in [0, 0.1) is 27.7 Å². The summed E-state index contributed by atoms with van der Waals surface area (Å²) >= 11 is 15.1. The van der Waals surface area contributed by atoms with Crippen LogP contribution in [0.5, 0.6) is 0 Å². The second-order valence-electron chi connectivity index (χ2n) is 8.43. The van der Waals surface area contributed by atoms with Crippen LogP contribution in [0.2, 0.25) is 10.0 Å². The van der Waals surface area contributed by atoms with E-state index in [9.17, 15) is 9.59 Å². The first-order valence-corrected chi connectivity index (χ1v) is 12.5. The molecule has 0 amide bonds. The number of aryl methyl sites for hydroxylation is 1. The van der Waals surface area contributed by atoms with Crippen molar-refractivity contribution in [2.24, 2.45) is 14.1 Å². The lowest BCUT2D eigenvalue weighted by atomic mass is 10.0. The standard InChI is InChI=1S/C14H13BrClNO.C14H14ClNO/c1-8-12(10-4-6-11(16)7-5-10)14(18)13(15)9(2)17(8)3;1-9-8-13(17)14(10(2)16(9)3)11-4-6-12(15)7-5-11/h4-7H,1-3H3;4-8H,1-3H3. The summed E-state index contributed by atoms with van der Waals surface area (Å²) in [6.45, 7) is 7.76. The summed E-state index contributed by atoms with van der Waals surface area (Å²) < 4.78 is 4.64. The monoisotopic (exact) mass is 572 g/mol. The summed E-state index contributed by atoms with van der Waals surface area (Å²) in [6, 6.07) is 16.3.